The molecule has 0 amide bonds. The highest BCUT2D eigenvalue weighted by atomic mass is 32.2. The molecule has 2 N–H and O–H groups in total. The van der Waals surface area contributed by atoms with Gasteiger partial charge in [-0.15, -0.1) is 0 Å². The predicted octanol–water partition coefficient (Wildman–Crippen LogP) is 8.96. The van der Waals surface area contributed by atoms with Crippen LogP contribution in [0.1, 0.15) is 114 Å². The zero-order valence-corrected chi connectivity index (χ0v) is 21.2. The summed E-state index contributed by atoms with van der Waals surface area (Å²) in [5, 5.41) is 22.3. The topological polar surface area (TPSA) is 40.5 Å². The molecule has 172 valence electrons. The van der Waals surface area contributed by atoms with Crippen molar-refractivity contribution in [2.45, 2.75) is 115 Å². The van der Waals surface area contributed by atoms with Gasteiger partial charge in [0, 0.05) is 0 Å². The molecule has 0 bridgehead atoms. The van der Waals surface area contributed by atoms with Gasteiger partial charge in [0.05, 0.1) is 9.79 Å². The molecule has 2 atom stereocenters. The van der Waals surface area contributed by atoms with E-state index in [9.17, 15) is 10.2 Å². The minimum absolute atomic E-state index is 0.307. The molecule has 0 aliphatic heterocycles. The minimum atomic E-state index is 0.307. The first-order valence-corrected chi connectivity index (χ1v) is 13.1. The summed E-state index contributed by atoms with van der Waals surface area (Å²) in [5.74, 6) is 1.37. The van der Waals surface area contributed by atoms with Gasteiger partial charge < -0.3 is 10.2 Å². The smallest absolute Gasteiger partial charge is 0.132 e. The molecule has 0 fully saturated rings. The molecule has 2 unspecified atom stereocenters. The zero-order chi connectivity index (χ0) is 23.0. The van der Waals surface area contributed by atoms with Crippen LogP contribution >= 0.6 is 11.8 Å². The van der Waals surface area contributed by atoms with E-state index < -0.39 is 0 Å². The van der Waals surface area contributed by atoms with Crippen molar-refractivity contribution in [3.8, 4) is 11.5 Å². The minimum Gasteiger partial charge on any atom is -0.506 e. The molecule has 0 saturated carbocycles. The number of aromatic hydroxyl groups is 2. The maximum Gasteiger partial charge on any atom is 0.132 e. The average Bonchev–Trinajstić information content (AvgIpc) is 2.78. The van der Waals surface area contributed by atoms with Crippen LogP contribution in [0.5, 0.6) is 11.5 Å². The maximum atomic E-state index is 11.1. The van der Waals surface area contributed by atoms with Crippen LogP contribution in [0.4, 0.5) is 0 Å². The van der Waals surface area contributed by atoms with E-state index in [1.165, 1.54) is 22.9 Å². The number of unbranched alkanes of at least 4 members (excludes halogenated alkanes) is 2. The van der Waals surface area contributed by atoms with E-state index in [0.29, 0.717) is 23.3 Å². The Bertz CT molecular complexity index is 774. The van der Waals surface area contributed by atoms with E-state index in [-0.39, 0.29) is 0 Å². The summed E-state index contributed by atoms with van der Waals surface area (Å²) < 4.78 is 0. The number of hydrogen-bond donors (Lipinski definition) is 2. The number of aryl methyl sites for hydroxylation is 2. The number of phenols is 2. The van der Waals surface area contributed by atoms with Gasteiger partial charge in [0.1, 0.15) is 11.5 Å². The summed E-state index contributed by atoms with van der Waals surface area (Å²) in [6, 6.07) is 8.63. The summed E-state index contributed by atoms with van der Waals surface area (Å²) in [6.45, 7) is 13.1. The lowest BCUT2D eigenvalue weighted by molar-refractivity contribution is 0.445. The van der Waals surface area contributed by atoms with Crippen molar-refractivity contribution >= 4 is 11.8 Å². The Morgan fingerprint density at radius 3 is 1.39 bits per heavy atom. The van der Waals surface area contributed by atoms with Gasteiger partial charge in [-0.05, 0) is 84.7 Å². The molecule has 0 heterocycles. The number of phenolic OH excluding ortho intramolecular Hbond substituents is 2. The molecule has 0 aliphatic rings. The average molecular weight is 443 g/mol. The second-order valence-corrected chi connectivity index (χ2v) is 10.1. The molecule has 0 radical (unpaired) electrons. The van der Waals surface area contributed by atoms with E-state index >= 15 is 0 Å². The fraction of sp³-hybridized carbons (Fsp3) is 0.571. The van der Waals surface area contributed by atoms with Gasteiger partial charge in [-0.1, -0.05) is 78.3 Å². The third-order valence-electron chi connectivity index (χ3n) is 6.47. The predicted molar refractivity (Wildman–Crippen MR) is 135 cm³/mol. The third-order valence-corrected chi connectivity index (χ3v) is 7.54. The van der Waals surface area contributed by atoms with E-state index in [0.717, 1.165) is 72.3 Å². The molecule has 0 aliphatic carbocycles. The zero-order valence-electron chi connectivity index (χ0n) is 20.4. The Kier molecular flexibility index (Phi) is 10.3. The molecular formula is C28H42O2S. The summed E-state index contributed by atoms with van der Waals surface area (Å²) in [5.41, 5.74) is 4.62. The molecule has 3 heteroatoms. The molecule has 2 nitrogen and oxygen atoms in total. The summed E-state index contributed by atoms with van der Waals surface area (Å²) >= 11 is 1.52. The van der Waals surface area contributed by atoms with Crippen LogP contribution in [0.15, 0.2) is 34.1 Å². The van der Waals surface area contributed by atoms with Gasteiger partial charge in [0.25, 0.3) is 0 Å². The van der Waals surface area contributed by atoms with E-state index in [1.807, 2.05) is 0 Å². The van der Waals surface area contributed by atoms with Crippen molar-refractivity contribution in [3.05, 3.63) is 46.5 Å². The van der Waals surface area contributed by atoms with E-state index in [4.69, 9.17) is 0 Å². The Morgan fingerprint density at radius 1 is 0.677 bits per heavy atom. The van der Waals surface area contributed by atoms with Gasteiger partial charge in [-0.3, -0.25) is 0 Å². The SMILES string of the molecule is CCCCc1cc(Sc2cc(CCCC)cc(C(C)CC)c2O)c(O)c(C(C)CC)c1. The highest BCUT2D eigenvalue weighted by Gasteiger charge is 2.19. The van der Waals surface area contributed by atoms with Crippen molar-refractivity contribution in [2.24, 2.45) is 0 Å². The first-order valence-electron chi connectivity index (χ1n) is 12.2. The van der Waals surface area contributed by atoms with Crippen molar-refractivity contribution in [3.63, 3.8) is 0 Å². The first-order chi connectivity index (χ1) is 14.9. The second kappa shape index (κ2) is 12.4. The number of benzene rings is 2. The molecule has 2 aromatic carbocycles. The molecule has 31 heavy (non-hydrogen) atoms. The van der Waals surface area contributed by atoms with Gasteiger partial charge in [-0.25, -0.2) is 0 Å². The molecule has 0 saturated heterocycles. The van der Waals surface area contributed by atoms with Crippen LogP contribution in [-0.2, 0) is 12.8 Å². The normalized spacial score (nSPS) is 13.4. The maximum absolute atomic E-state index is 11.1. The van der Waals surface area contributed by atoms with Gasteiger partial charge >= 0.3 is 0 Å². The first kappa shape index (κ1) is 25.6. The quantitative estimate of drug-likeness (QED) is 0.344. The summed E-state index contributed by atoms with van der Waals surface area (Å²) in [6.07, 6.45) is 8.62. The molecule has 2 aromatic rings. The van der Waals surface area contributed by atoms with Gasteiger partial charge in [0.2, 0.25) is 0 Å². The van der Waals surface area contributed by atoms with Crippen LogP contribution in [-0.4, -0.2) is 10.2 Å². The largest absolute Gasteiger partial charge is 0.506 e. The highest BCUT2D eigenvalue weighted by Crippen LogP contribution is 2.46. The summed E-state index contributed by atoms with van der Waals surface area (Å²) in [7, 11) is 0. The standard InChI is InChI=1S/C28H42O2S/c1-7-11-13-21-15-23(19(5)9-3)27(29)25(17-21)31-26-18-22(14-12-8-2)16-24(28(26)30)20(6)10-4/h15-20,29-30H,7-14H2,1-6H3. The molecule has 0 spiro atoms. The summed E-state index contributed by atoms with van der Waals surface area (Å²) in [4.78, 5) is 1.73. The monoisotopic (exact) mass is 442 g/mol. The highest BCUT2D eigenvalue weighted by molar-refractivity contribution is 7.99. The van der Waals surface area contributed by atoms with Crippen LogP contribution in [0.3, 0.4) is 0 Å². The third kappa shape index (κ3) is 6.68. The van der Waals surface area contributed by atoms with Crippen LogP contribution in [0, 0.1) is 0 Å². The van der Waals surface area contributed by atoms with Crippen molar-refractivity contribution < 1.29 is 10.2 Å². The van der Waals surface area contributed by atoms with E-state index in [2.05, 4.69) is 65.8 Å². The lowest BCUT2D eigenvalue weighted by Crippen LogP contribution is -1.98. The van der Waals surface area contributed by atoms with Crippen LogP contribution in [0.2, 0.25) is 0 Å². The van der Waals surface area contributed by atoms with Crippen LogP contribution in [0.25, 0.3) is 0 Å². The van der Waals surface area contributed by atoms with Gasteiger partial charge in [0.15, 0.2) is 0 Å². The Balaban J connectivity index is 2.54. The van der Waals surface area contributed by atoms with Crippen LogP contribution < -0.4 is 0 Å². The fourth-order valence-corrected chi connectivity index (χ4v) is 4.98. The lowest BCUT2D eigenvalue weighted by atomic mass is 9.94. The van der Waals surface area contributed by atoms with Gasteiger partial charge in [-0.2, -0.15) is 0 Å². The lowest BCUT2D eigenvalue weighted by Gasteiger charge is -2.19. The second-order valence-electron chi connectivity index (χ2n) is 8.99. The van der Waals surface area contributed by atoms with Crippen molar-refractivity contribution in [1.82, 2.24) is 0 Å². The van der Waals surface area contributed by atoms with Crippen molar-refractivity contribution in [2.75, 3.05) is 0 Å². The Labute approximate surface area is 194 Å². The number of hydrogen-bond acceptors (Lipinski definition) is 3. The van der Waals surface area contributed by atoms with Crippen molar-refractivity contribution in [1.29, 1.82) is 0 Å². The molecule has 2 rings (SSSR count). The fourth-order valence-electron chi connectivity index (χ4n) is 3.89. The van der Waals surface area contributed by atoms with E-state index in [1.54, 1.807) is 0 Å². The number of rotatable bonds is 12. The molecular weight excluding hydrogens is 400 g/mol. The Hall–Kier alpha value is -1.61. The molecule has 0 aromatic heterocycles. The Morgan fingerprint density at radius 2 is 1.06 bits per heavy atom.